The summed E-state index contributed by atoms with van der Waals surface area (Å²) >= 11 is 6.27. The van der Waals surface area contributed by atoms with Gasteiger partial charge in [-0.1, -0.05) is 29.3 Å². The van der Waals surface area contributed by atoms with E-state index in [-0.39, 0.29) is 11.8 Å². The van der Waals surface area contributed by atoms with Crippen LogP contribution in [0.15, 0.2) is 66.5 Å². The largest absolute Gasteiger partial charge is 0.478 e. The van der Waals surface area contributed by atoms with E-state index in [9.17, 15) is 9.59 Å². The van der Waals surface area contributed by atoms with Gasteiger partial charge in [0.2, 0.25) is 5.78 Å². The number of esters is 1. The maximum atomic E-state index is 13.9. The summed E-state index contributed by atoms with van der Waals surface area (Å²) in [5, 5.41) is 0.547. The normalized spacial score (nSPS) is 20.1. The van der Waals surface area contributed by atoms with Crippen molar-refractivity contribution >= 4 is 45.7 Å². The van der Waals surface area contributed by atoms with Gasteiger partial charge in [0.15, 0.2) is 5.60 Å². The predicted molar refractivity (Wildman–Crippen MR) is 130 cm³/mol. The zero-order valence-electron chi connectivity index (χ0n) is 18.7. The minimum atomic E-state index is -0.976. The number of Topliss-reactive ketones (excluding diaryl/α,β-unsaturated/α-hetero) is 1. The summed E-state index contributed by atoms with van der Waals surface area (Å²) in [6, 6.07) is 12.9. The van der Waals surface area contributed by atoms with Crippen LogP contribution >= 0.6 is 11.6 Å². The van der Waals surface area contributed by atoms with Crippen molar-refractivity contribution in [1.29, 1.82) is 0 Å². The Morgan fingerprint density at radius 3 is 2.59 bits per heavy atom. The van der Waals surface area contributed by atoms with E-state index in [1.54, 1.807) is 37.5 Å². The summed E-state index contributed by atoms with van der Waals surface area (Å²) < 4.78 is 11.6. The van der Waals surface area contributed by atoms with Crippen molar-refractivity contribution in [2.24, 2.45) is 0 Å². The Balaban J connectivity index is 1.54. The molecule has 2 aliphatic rings. The van der Waals surface area contributed by atoms with Crippen molar-refractivity contribution in [3.63, 3.8) is 0 Å². The maximum Gasteiger partial charge on any atom is 0.330 e. The molecule has 1 aromatic heterocycles. The lowest BCUT2D eigenvalue weighted by Crippen LogP contribution is -2.39. The molecule has 2 heterocycles. The number of halogens is 1. The van der Waals surface area contributed by atoms with E-state index in [2.05, 4.69) is 9.97 Å². The van der Waals surface area contributed by atoms with Crippen LogP contribution in [0.5, 0.6) is 0 Å². The zero-order chi connectivity index (χ0) is 23.7. The number of hydrogen-bond donors (Lipinski definition) is 0. The van der Waals surface area contributed by atoms with Gasteiger partial charge in [0.1, 0.15) is 5.76 Å². The highest BCUT2D eigenvalue weighted by molar-refractivity contribution is 6.34. The molecule has 0 amide bonds. The van der Waals surface area contributed by atoms with Gasteiger partial charge in [0.25, 0.3) is 0 Å². The van der Waals surface area contributed by atoms with Gasteiger partial charge in [-0.15, -0.1) is 0 Å². The maximum absolute atomic E-state index is 13.9. The van der Waals surface area contributed by atoms with Crippen LogP contribution in [0.1, 0.15) is 43.7 Å². The number of rotatable bonds is 4. The highest BCUT2D eigenvalue weighted by atomic mass is 35.5. The lowest BCUT2D eigenvalue weighted by Gasteiger charge is -2.33. The first-order chi connectivity index (χ1) is 16.5. The quantitative estimate of drug-likeness (QED) is 0.364. The highest BCUT2D eigenvalue weighted by Gasteiger charge is 2.51. The molecule has 34 heavy (non-hydrogen) atoms. The van der Waals surface area contributed by atoms with E-state index in [1.165, 1.54) is 0 Å². The van der Waals surface area contributed by atoms with Crippen molar-refractivity contribution in [3.8, 4) is 0 Å². The molecule has 0 saturated heterocycles. The van der Waals surface area contributed by atoms with Crippen LogP contribution in [-0.4, -0.2) is 33.9 Å². The number of carbonyl (C=O) groups excluding carboxylic acids is 2. The molecule has 7 heteroatoms. The molecule has 0 radical (unpaired) electrons. The van der Waals surface area contributed by atoms with E-state index in [1.807, 2.05) is 30.3 Å². The molecule has 6 nitrogen and oxygen atoms in total. The third-order valence-electron chi connectivity index (χ3n) is 6.32. The van der Waals surface area contributed by atoms with E-state index in [4.69, 9.17) is 21.1 Å². The molecular formula is C27H23ClN2O4. The molecule has 3 aromatic rings. The van der Waals surface area contributed by atoms with Crippen molar-refractivity contribution in [3.05, 3.63) is 82.7 Å². The van der Waals surface area contributed by atoms with Crippen LogP contribution in [-0.2, 0) is 19.1 Å². The number of aromatic nitrogens is 2. The number of hydrogen-bond acceptors (Lipinski definition) is 6. The lowest BCUT2D eigenvalue weighted by molar-refractivity contribution is -0.137. The molecule has 0 bridgehead atoms. The highest BCUT2D eigenvalue weighted by Crippen LogP contribution is 2.49. The first kappa shape index (κ1) is 22.3. The standard InChI is InChI=1S/C27H23ClN2O4/c1-2-33-23(31)14-17-8-10-27(11-9-17)26(32)24(18-4-3-5-20(28)15-18)25(34-27)19-6-7-21-22(16-19)30-13-12-29-21/h3-7,12-16H,2,8-11H2,1H3. The molecular weight excluding hydrogens is 452 g/mol. The summed E-state index contributed by atoms with van der Waals surface area (Å²) in [6.45, 7) is 2.11. The van der Waals surface area contributed by atoms with Crippen LogP contribution < -0.4 is 0 Å². The van der Waals surface area contributed by atoms with E-state index in [0.717, 1.165) is 27.7 Å². The SMILES string of the molecule is CCOC(=O)C=C1CCC2(CC1)OC(c1ccc3nccnc3c1)=C(c1cccc(Cl)c1)C2=O. The molecule has 1 saturated carbocycles. The van der Waals surface area contributed by atoms with Gasteiger partial charge in [-0.25, -0.2) is 4.79 Å². The van der Waals surface area contributed by atoms with Crippen LogP contribution in [0.25, 0.3) is 22.4 Å². The Hall–Kier alpha value is -3.51. The third-order valence-corrected chi connectivity index (χ3v) is 6.55. The second-order valence-electron chi connectivity index (χ2n) is 8.45. The number of allylic oxidation sites excluding steroid dienone is 1. The molecule has 5 rings (SSSR count). The Bertz CT molecular complexity index is 1350. The van der Waals surface area contributed by atoms with E-state index < -0.39 is 5.60 Å². The Kier molecular flexibility index (Phi) is 5.92. The second-order valence-corrected chi connectivity index (χ2v) is 8.89. The number of ether oxygens (including phenoxy) is 2. The second kappa shape index (κ2) is 9.03. The predicted octanol–water partition coefficient (Wildman–Crippen LogP) is 5.55. The lowest BCUT2D eigenvalue weighted by atomic mass is 9.77. The Morgan fingerprint density at radius 1 is 1.09 bits per heavy atom. The smallest absolute Gasteiger partial charge is 0.330 e. The minimum Gasteiger partial charge on any atom is -0.478 e. The average Bonchev–Trinajstić information content (AvgIpc) is 3.12. The van der Waals surface area contributed by atoms with Gasteiger partial charge in [-0.3, -0.25) is 14.8 Å². The zero-order valence-corrected chi connectivity index (χ0v) is 19.5. The summed E-state index contributed by atoms with van der Waals surface area (Å²) in [6.07, 6.45) is 6.97. The van der Waals surface area contributed by atoms with Crippen molar-refractivity contribution in [2.45, 2.75) is 38.2 Å². The van der Waals surface area contributed by atoms with E-state index in [0.29, 0.717) is 48.6 Å². The first-order valence-electron chi connectivity index (χ1n) is 11.3. The van der Waals surface area contributed by atoms with Crippen LogP contribution in [0.3, 0.4) is 0 Å². The van der Waals surface area contributed by atoms with Crippen molar-refractivity contribution in [2.75, 3.05) is 6.61 Å². The molecule has 2 aromatic carbocycles. The molecule has 1 spiro atoms. The first-order valence-corrected chi connectivity index (χ1v) is 11.7. The fourth-order valence-electron chi connectivity index (χ4n) is 4.64. The molecule has 1 aliphatic carbocycles. The molecule has 0 atom stereocenters. The fourth-order valence-corrected chi connectivity index (χ4v) is 4.83. The molecule has 0 unspecified atom stereocenters. The summed E-state index contributed by atoms with van der Waals surface area (Å²) in [4.78, 5) is 34.5. The van der Waals surface area contributed by atoms with E-state index >= 15 is 0 Å². The van der Waals surface area contributed by atoms with Crippen molar-refractivity contribution in [1.82, 2.24) is 9.97 Å². The molecule has 0 N–H and O–H groups in total. The monoisotopic (exact) mass is 474 g/mol. The molecule has 1 fully saturated rings. The van der Waals surface area contributed by atoms with Crippen LogP contribution in [0, 0.1) is 0 Å². The van der Waals surface area contributed by atoms with Crippen molar-refractivity contribution < 1.29 is 19.1 Å². The summed E-state index contributed by atoms with van der Waals surface area (Å²) in [5.41, 5.74) is 3.48. The van der Waals surface area contributed by atoms with Crippen LogP contribution in [0.4, 0.5) is 0 Å². The Labute approximate surface area is 202 Å². The molecule has 172 valence electrons. The van der Waals surface area contributed by atoms with Gasteiger partial charge < -0.3 is 9.47 Å². The summed E-state index contributed by atoms with van der Waals surface area (Å²) in [7, 11) is 0. The fraction of sp³-hybridized carbons (Fsp3) is 0.259. The van der Waals surface area contributed by atoms with Gasteiger partial charge in [-0.2, -0.15) is 0 Å². The number of ketones is 1. The number of fused-ring (bicyclic) bond motifs is 1. The molecule has 1 aliphatic heterocycles. The van der Waals surface area contributed by atoms with Gasteiger partial charge in [0.05, 0.1) is 23.2 Å². The van der Waals surface area contributed by atoms with Gasteiger partial charge in [-0.05, 0) is 68.5 Å². The average molecular weight is 475 g/mol. The number of nitrogens with zero attached hydrogens (tertiary/aromatic N) is 2. The van der Waals surface area contributed by atoms with Crippen LogP contribution in [0.2, 0.25) is 5.02 Å². The number of carbonyl (C=O) groups is 2. The number of benzene rings is 2. The Morgan fingerprint density at radius 2 is 1.85 bits per heavy atom. The minimum absolute atomic E-state index is 0.0563. The van der Waals surface area contributed by atoms with Gasteiger partial charge >= 0.3 is 5.97 Å². The topological polar surface area (TPSA) is 78.4 Å². The summed E-state index contributed by atoms with van der Waals surface area (Å²) in [5.74, 6) is 0.125. The van der Waals surface area contributed by atoms with Gasteiger partial charge in [0, 0.05) is 29.1 Å². The third kappa shape index (κ3) is 4.10.